The molecule has 7 heteroatoms. The number of anilines is 1. The minimum Gasteiger partial charge on any atom is -0.318 e. The van der Waals surface area contributed by atoms with Gasteiger partial charge in [-0.1, -0.05) is 36.4 Å². The molecule has 1 aromatic heterocycles. The zero-order chi connectivity index (χ0) is 22.8. The van der Waals surface area contributed by atoms with Gasteiger partial charge in [-0.2, -0.15) is 0 Å². The SMILES string of the molecule is Cc1ccccc1-n1c(C(C)N(C)C(=O)Nc2cccc(F)c2)nc2ccccc2c1=O. The molecule has 0 saturated carbocycles. The highest BCUT2D eigenvalue weighted by molar-refractivity contribution is 5.89. The van der Waals surface area contributed by atoms with Gasteiger partial charge in [0, 0.05) is 12.7 Å². The van der Waals surface area contributed by atoms with Gasteiger partial charge in [-0.05, 0) is 55.8 Å². The number of halogens is 1. The molecule has 4 rings (SSSR count). The van der Waals surface area contributed by atoms with E-state index in [-0.39, 0.29) is 5.56 Å². The highest BCUT2D eigenvalue weighted by Crippen LogP contribution is 2.24. The lowest BCUT2D eigenvalue weighted by atomic mass is 10.1. The monoisotopic (exact) mass is 430 g/mol. The van der Waals surface area contributed by atoms with Crippen LogP contribution < -0.4 is 10.9 Å². The second kappa shape index (κ2) is 8.63. The van der Waals surface area contributed by atoms with E-state index in [2.05, 4.69) is 5.32 Å². The maximum atomic E-state index is 13.5. The van der Waals surface area contributed by atoms with E-state index in [9.17, 15) is 14.0 Å². The molecule has 32 heavy (non-hydrogen) atoms. The second-order valence-corrected chi connectivity index (χ2v) is 7.64. The van der Waals surface area contributed by atoms with Crippen molar-refractivity contribution in [2.45, 2.75) is 19.9 Å². The maximum absolute atomic E-state index is 13.5. The zero-order valence-corrected chi connectivity index (χ0v) is 18.0. The van der Waals surface area contributed by atoms with Crippen LogP contribution in [0.15, 0.2) is 77.6 Å². The standard InChI is InChI=1S/C25H23FN4O2/c1-16-9-4-7-14-22(16)30-23(28-21-13-6-5-12-20(21)24(30)31)17(2)29(3)25(32)27-19-11-8-10-18(26)15-19/h4-15,17H,1-3H3,(H,27,32). The summed E-state index contributed by atoms with van der Waals surface area (Å²) in [4.78, 5) is 32.6. The summed E-state index contributed by atoms with van der Waals surface area (Å²) in [5, 5.41) is 3.19. The van der Waals surface area contributed by atoms with Gasteiger partial charge in [-0.3, -0.25) is 9.36 Å². The number of hydrogen-bond donors (Lipinski definition) is 1. The lowest BCUT2D eigenvalue weighted by Crippen LogP contribution is -2.37. The predicted molar refractivity (Wildman–Crippen MR) is 124 cm³/mol. The Morgan fingerprint density at radius 1 is 1.06 bits per heavy atom. The molecule has 1 atom stereocenters. The van der Waals surface area contributed by atoms with Crippen LogP contribution in [0.1, 0.15) is 24.4 Å². The fourth-order valence-corrected chi connectivity index (χ4v) is 3.60. The molecule has 1 N–H and O–H groups in total. The van der Waals surface area contributed by atoms with Crippen LogP contribution in [0.3, 0.4) is 0 Å². The molecular weight excluding hydrogens is 407 g/mol. The maximum Gasteiger partial charge on any atom is 0.322 e. The van der Waals surface area contributed by atoms with Gasteiger partial charge in [-0.15, -0.1) is 0 Å². The Morgan fingerprint density at radius 3 is 2.53 bits per heavy atom. The smallest absolute Gasteiger partial charge is 0.318 e. The second-order valence-electron chi connectivity index (χ2n) is 7.64. The van der Waals surface area contributed by atoms with E-state index in [1.54, 1.807) is 42.8 Å². The van der Waals surface area contributed by atoms with E-state index in [0.29, 0.717) is 28.1 Å². The van der Waals surface area contributed by atoms with Crippen molar-refractivity contribution < 1.29 is 9.18 Å². The molecule has 0 fully saturated rings. The van der Waals surface area contributed by atoms with Crippen LogP contribution >= 0.6 is 0 Å². The number of aromatic nitrogens is 2. The number of para-hydroxylation sites is 2. The Morgan fingerprint density at radius 2 is 1.78 bits per heavy atom. The van der Waals surface area contributed by atoms with Gasteiger partial charge in [0.1, 0.15) is 11.6 Å². The number of urea groups is 1. The summed E-state index contributed by atoms with van der Waals surface area (Å²) in [6, 6.07) is 19.4. The van der Waals surface area contributed by atoms with Crippen molar-refractivity contribution in [1.29, 1.82) is 0 Å². The third-order valence-corrected chi connectivity index (χ3v) is 5.51. The number of benzene rings is 3. The van der Waals surface area contributed by atoms with Crippen LogP contribution in [0.25, 0.3) is 16.6 Å². The first-order valence-corrected chi connectivity index (χ1v) is 10.2. The van der Waals surface area contributed by atoms with Crippen LogP contribution in [0.5, 0.6) is 0 Å². The van der Waals surface area contributed by atoms with Crippen LogP contribution in [-0.4, -0.2) is 27.5 Å². The summed E-state index contributed by atoms with van der Waals surface area (Å²) < 4.78 is 15.1. The number of nitrogens with zero attached hydrogens (tertiary/aromatic N) is 3. The number of rotatable bonds is 4. The third kappa shape index (κ3) is 3.97. The van der Waals surface area contributed by atoms with E-state index in [1.807, 2.05) is 37.3 Å². The molecule has 2 amide bonds. The number of carbonyl (C=O) groups excluding carboxylic acids is 1. The minimum atomic E-state index is -0.555. The van der Waals surface area contributed by atoms with E-state index < -0.39 is 17.9 Å². The molecule has 3 aromatic carbocycles. The highest BCUT2D eigenvalue weighted by atomic mass is 19.1. The number of nitrogens with one attached hydrogen (secondary N) is 1. The van der Waals surface area contributed by atoms with E-state index in [1.165, 1.54) is 23.1 Å². The zero-order valence-electron chi connectivity index (χ0n) is 18.0. The van der Waals surface area contributed by atoms with E-state index in [0.717, 1.165) is 5.56 Å². The van der Waals surface area contributed by atoms with Gasteiger partial charge in [0.05, 0.1) is 22.6 Å². The predicted octanol–water partition coefficient (Wildman–Crippen LogP) is 5.06. The summed E-state index contributed by atoms with van der Waals surface area (Å²) in [5.74, 6) is -0.0111. The lowest BCUT2D eigenvalue weighted by Gasteiger charge is -2.27. The summed E-state index contributed by atoms with van der Waals surface area (Å²) in [5.41, 5.74) is 2.31. The van der Waals surface area contributed by atoms with E-state index in [4.69, 9.17) is 4.98 Å². The van der Waals surface area contributed by atoms with Gasteiger partial charge in [0.25, 0.3) is 5.56 Å². The Balaban J connectivity index is 1.80. The first-order valence-electron chi connectivity index (χ1n) is 10.2. The van der Waals surface area contributed by atoms with Crippen molar-refractivity contribution in [3.05, 3.63) is 100 Å². The van der Waals surface area contributed by atoms with Crippen LogP contribution in [-0.2, 0) is 0 Å². The molecule has 4 aromatic rings. The molecule has 0 aliphatic rings. The van der Waals surface area contributed by atoms with Crippen molar-refractivity contribution in [3.8, 4) is 5.69 Å². The number of carbonyl (C=O) groups is 1. The number of hydrogen-bond acceptors (Lipinski definition) is 3. The average molecular weight is 430 g/mol. The molecular formula is C25H23FN4O2. The molecule has 0 bridgehead atoms. The lowest BCUT2D eigenvalue weighted by molar-refractivity contribution is 0.205. The summed E-state index contributed by atoms with van der Waals surface area (Å²) >= 11 is 0. The molecule has 1 heterocycles. The van der Waals surface area contributed by atoms with Gasteiger partial charge >= 0.3 is 6.03 Å². The number of fused-ring (bicyclic) bond motifs is 1. The summed E-state index contributed by atoms with van der Waals surface area (Å²) in [7, 11) is 1.61. The van der Waals surface area contributed by atoms with Crippen LogP contribution in [0, 0.1) is 12.7 Å². The first-order chi connectivity index (χ1) is 15.4. The van der Waals surface area contributed by atoms with Crippen LogP contribution in [0.4, 0.5) is 14.9 Å². The molecule has 6 nitrogen and oxygen atoms in total. The van der Waals surface area contributed by atoms with Crippen molar-refractivity contribution in [1.82, 2.24) is 14.5 Å². The Labute approximate surface area is 184 Å². The quantitative estimate of drug-likeness (QED) is 0.492. The number of aryl methyl sites for hydroxylation is 1. The largest absolute Gasteiger partial charge is 0.322 e. The van der Waals surface area contributed by atoms with Gasteiger partial charge < -0.3 is 10.2 Å². The fraction of sp³-hybridized carbons (Fsp3) is 0.160. The van der Waals surface area contributed by atoms with Crippen molar-refractivity contribution in [2.75, 3.05) is 12.4 Å². The molecule has 1 unspecified atom stereocenters. The van der Waals surface area contributed by atoms with Gasteiger partial charge in [0.15, 0.2) is 0 Å². The molecule has 0 spiro atoms. The van der Waals surface area contributed by atoms with Gasteiger partial charge in [-0.25, -0.2) is 14.2 Å². The van der Waals surface area contributed by atoms with Crippen LogP contribution in [0.2, 0.25) is 0 Å². The molecule has 0 aliphatic carbocycles. The summed E-state index contributed by atoms with van der Waals surface area (Å²) in [6.07, 6.45) is 0. The van der Waals surface area contributed by atoms with Crippen molar-refractivity contribution >= 4 is 22.6 Å². The first kappa shape index (κ1) is 21.2. The highest BCUT2D eigenvalue weighted by Gasteiger charge is 2.24. The summed E-state index contributed by atoms with van der Waals surface area (Å²) in [6.45, 7) is 3.72. The van der Waals surface area contributed by atoms with Crippen molar-refractivity contribution in [2.24, 2.45) is 0 Å². The Hall–Kier alpha value is -4.00. The minimum absolute atomic E-state index is 0.203. The van der Waals surface area contributed by atoms with Gasteiger partial charge in [0.2, 0.25) is 0 Å². The third-order valence-electron chi connectivity index (χ3n) is 5.51. The van der Waals surface area contributed by atoms with Crippen molar-refractivity contribution in [3.63, 3.8) is 0 Å². The molecule has 0 aliphatic heterocycles. The normalized spacial score (nSPS) is 11.9. The Kier molecular flexibility index (Phi) is 5.73. The Bertz CT molecular complexity index is 1370. The number of amides is 2. The topological polar surface area (TPSA) is 67.2 Å². The average Bonchev–Trinajstić information content (AvgIpc) is 2.79. The fourth-order valence-electron chi connectivity index (χ4n) is 3.60. The molecule has 0 saturated heterocycles. The molecule has 162 valence electrons. The molecule has 0 radical (unpaired) electrons. The van der Waals surface area contributed by atoms with E-state index >= 15 is 0 Å².